The molecule has 3 aromatic carbocycles. The lowest BCUT2D eigenvalue weighted by atomic mass is 10.1. The van der Waals surface area contributed by atoms with Crippen LogP contribution in [0.25, 0.3) is 0 Å². The highest BCUT2D eigenvalue weighted by Gasteiger charge is 2.32. The molecule has 0 fully saturated rings. The van der Waals surface area contributed by atoms with Crippen LogP contribution in [-0.2, 0) is 35.0 Å². The monoisotopic (exact) mass is 679 g/mol. The second-order valence-electron chi connectivity index (χ2n) is 12.4. The molecule has 0 aliphatic heterocycles. The van der Waals surface area contributed by atoms with Crippen molar-refractivity contribution >= 4 is 23.4 Å². The highest BCUT2D eigenvalue weighted by Crippen LogP contribution is 2.32. The predicted octanol–water partition coefficient (Wildman–Crippen LogP) is 5.87. The molecule has 3 amide bonds. The van der Waals surface area contributed by atoms with E-state index in [9.17, 15) is 40.7 Å². The van der Waals surface area contributed by atoms with Crippen molar-refractivity contribution in [3.05, 3.63) is 99.6 Å². The van der Waals surface area contributed by atoms with Gasteiger partial charge in [-0.05, 0) is 81.6 Å². The Morgan fingerprint density at radius 1 is 0.771 bits per heavy atom. The third kappa shape index (κ3) is 11.6. The maximum atomic E-state index is 13.5. The number of halogens is 6. The Morgan fingerprint density at radius 3 is 1.98 bits per heavy atom. The van der Waals surface area contributed by atoms with Gasteiger partial charge in [0.25, 0.3) is 5.91 Å². The molecule has 3 rings (SSSR count). The van der Waals surface area contributed by atoms with E-state index in [0.29, 0.717) is 18.2 Å². The molecule has 0 spiro atoms. The van der Waals surface area contributed by atoms with E-state index in [0.717, 1.165) is 41.0 Å². The summed E-state index contributed by atoms with van der Waals surface area (Å²) in [6.45, 7) is 8.92. The van der Waals surface area contributed by atoms with Crippen molar-refractivity contribution in [2.24, 2.45) is 0 Å². The van der Waals surface area contributed by atoms with Gasteiger partial charge in [-0.25, -0.2) is 0 Å². The van der Waals surface area contributed by atoms with Gasteiger partial charge >= 0.3 is 12.4 Å². The van der Waals surface area contributed by atoms with Crippen molar-refractivity contribution in [3.8, 4) is 0 Å². The first-order valence-corrected chi connectivity index (χ1v) is 15.0. The van der Waals surface area contributed by atoms with Crippen LogP contribution in [0.3, 0.4) is 0 Å². The Bertz CT molecular complexity index is 1600. The standard InChI is InChI=1S/C34H39F6N5O3/c1-20-6-9-23(21(2)14-20)17-41-18-28(31(48)45-32(3,4)5)44-29(46)19-43-30(47)26-15-25(34(38,39)40)12-13-27(26)42-16-22-7-10-24(11-8-22)33(35,36)37/h6-15,28,41-42H,16-19H2,1-5H3,(H,43,47)(H,44,46)(H,45,48). The molecule has 0 radical (unpaired) electrons. The molecular weight excluding hydrogens is 640 g/mol. The van der Waals surface area contributed by atoms with Gasteiger partial charge in [0.2, 0.25) is 11.8 Å². The fourth-order valence-corrected chi connectivity index (χ4v) is 4.63. The minimum absolute atomic E-state index is 0.0422. The van der Waals surface area contributed by atoms with Crippen LogP contribution in [0.2, 0.25) is 0 Å². The van der Waals surface area contributed by atoms with Gasteiger partial charge in [0.1, 0.15) is 6.04 Å². The number of rotatable bonds is 12. The number of carbonyl (C=O) groups is 3. The maximum absolute atomic E-state index is 13.5. The zero-order valence-electron chi connectivity index (χ0n) is 27.2. The van der Waals surface area contributed by atoms with E-state index < -0.39 is 64.9 Å². The SMILES string of the molecule is Cc1ccc(CNCC(NC(=O)CNC(=O)c2cc(C(F)(F)F)ccc2NCc2ccc(C(F)(F)F)cc2)C(=O)NC(C)(C)C)c(C)c1. The van der Waals surface area contributed by atoms with Crippen molar-refractivity contribution in [1.82, 2.24) is 21.3 Å². The predicted molar refractivity (Wildman–Crippen MR) is 170 cm³/mol. The zero-order valence-corrected chi connectivity index (χ0v) is 27.2. The molecule has 48 heavy (non-hydrogen) atoms. The largest absolute Gasteiger partial charge is 0.416 e. The molecule has 0 bridgehead atoms. The summed E-state index contributed by atoms with van der Waals surface area (Å²) in [6, 6.07) is 11.4. The minimum atomic E-state index is -4.78. The molecule has 8 nitrogen and oxygen atoms in total. The Morgan fingerprint density at radius 2 is 1.40 bits per heavy atom. The van der Waals surface area contributed by atoms with Gasteiger partial charge in [0.15, 0.2) is 0 Å². The molecule has 0 aromatic heterocycles. The molecular formula is C34H39F6N5O3. The topological polar surface area (TPSA) is 111 Å². The number of benzene rings is 3. The van der Waals surface area contributed by atoms with E-state index in [1.54, 1.807) is 20.8 Å². The Hall–Kier alpha value is -4.59. The lowest BCUT2D eigenvalue weighted by Gasteiger charge is -2.26. The van der Waals surface area contributed by atoms with E-state index in [4.69, 9.17) is 0 Å². The third-order valence-corrected chi connectivity index (χ3v) is 7.08. The summed E-state index contributed by atoms with van der Waals surface area (Å²) < 4.78 is 79.2. The van der Waals surface area contributed by atoms with Crippen molar-refractivity contribution in [1.29, 1.82) is 0 Å². The summed E-state index contributed by atoms with van der Waals surface area (Å²) in [7, 11) is 0. The number of hydrogen-bond donors (Lipinski definition) is 5. The second-order valence-corrected chi connectivity index (χ2v) is 12.4. The van der Waals surface area contributed by atoms with Crippen molar-refractivity contribution in [2.45, 2.75) is 71.6 Å². The van der Waals surface area contributed by atoms with Gasteiger partial charge in [-0.2, -0.15) is 26.3 Å². The number of alkyl halides is 6. The molecule has 0 saturated carbocycles. The zero-order chi connectivity index (χ0) is 35.9. The first-order valence-electron chi connectivity index (χ1n) is 15.0. The average Bonchev–Trinajstić information content (AvgIpc) is 2.97. The van der Waals surface area contributed by atoms with Crippen molar-refractivity contribution in [2.75, 3.05) is 18.4 Å². The molecule has 14 heteroatoms. The lowest BCUT2D eigenvalue weighted by Crippen LogP contribution is -2.56. The molecule has 0 aliphatic rings. The smallest absolute Gasteiger partial charge is 0.380 e. The molecule has 0 aliphatic carbocycles. The number of carbonyl (C=O) groups excluding carboxylic acids is 3. The average molecular weight is 680 g/mol. The molecule has 0 heterocycles. The summed E-state index contributed by atoms with van der Waals surface area (Å²) in [6.07, 6.45) is -9.32. The van der Waals surface area contributed by atoms with Gasteiger partial charge in [-0.1, -0.05) is 35.9 Å². The second kappa shape index (κ2) is 15.5. The quantitative estimate of drug-likeness (QED) is 0.154. The first kappa shape index (κ1) is 37.9. The normalized spacial score (nSPS) is 12.6. The van der Waals surface area contributed by atoms with Gasteiger partial charge < -0.3 is 26.6 Å². The van der Waals surface area contributed by atoms with E-state index in [2.05, 4.69) is 26.6 Å². The van der Waals surface area contributed by atoms with Crippen LogP contribution in [0.5, 0.6) is 0 Å². The van der Waals surface area contributed by atoms with Gasteiger partial charge in [-0.15, -0.1) is 0 Å². The van der Waals surface area contributed by atoms with Gasteiger partial charge in [-0.3, -0.25) is 14.4 Å². The molecule has 1 unspecified atom stereocenters. The highest BCUT2D eigenvalue weighted by atomic mass is 19.4. The van der Waals surface area contributed by atoms with Crippen LogP contribution >= 0.6 is 0 Å². The first-order chi connectivity index (χ1) is 22.2. The summed E-state index contributed by atoms with van der Waals surface area (Å²) in [5, 5.41) is 13.6. The highest BCUT2D eigenvalue weighted by molar-refractivity contribution is 6.01. The van der Waals surface area contributed by atoms with Crippen molar-refractivity contribution in [3.63, 3.8) is 0 Å². The van der Waals surface area contributed by atoms with Crippen LogP contribution in [0.15, 0.2) is 60.7 Å². The van der Waals surface area contributed by atoms with Gasteiger partial charge in [0.05, 0.1) is 23.2 Å². The molecule has 1 atom stereocenters. The third-order valence-electron chi connectivity index (χ3n) is 7.08. The fraction of sp³-hybridized carbons (Fsp3) is 0.382. The van der Waals surface area contributed by atoms with E-state index in [-0.39, 0.29) is 18.8 Å². The Balaban J connectivity index is 1.70. The number of anilines is 1. The molecule has 3 aromatic rings. The van der Waals surface area contributed by atoms with Crippen LogP contribution in [0.1, 0.15) is 64.5 Å². The minimum Gasteiger partial charge on any atom is -0.380 e. The summed E-state index contributed by atoms with van der Waals surface area (Å²) in [5.41, 5.74) is 0.431. The van der Waals surface area contributed by atoms with Crippen LogP contribution in [-0.4, -0.2) is 42.4 Å². The van der Waals surface area contributed by atoms with E-state index in [1.165, 1.54) is 12.1 Å². The number of nitrogens with one attached hydrogen (secondary N) is 5. The summed E-state index contributed by atoms with van der Waals surface area (Å²) in [4.78, 5) is 39.0. The molecule has 0 saturated heterocycles. The Labute approximate surface area is 275 Å². The van der Waals surface area contributed by atoms with Gasteiger partial charge in [0, 0.05) is 30.9 Å². The lowest BCUT2D eigenvalue weighted by molar-refractivity contribution is -0.138. The van der Waals surface area contributed by atoms with Crippen LogP contribution in [0.4, 0.5) is 32.0 Å². The molecule has 5 N–H and O–H groups in total. The van der Waals surface area contributed by atoms with E-state index >= 15 is 0 Å². The van der Waals surface area contributed by atoms with Crippen molar-refractivity contribution < 1.29 is 40.7 Å². The number of amides is 3. The Kier molecular flexibility index (Phi) is 12.3. The number of hydrogen-bond acceptors (Lipinski definition) is 5. The summed E-state index contributed by atoms with van der Waals surface area (Å²) >= 11 is 0. The number of aryl methyl sites for hydroxylation is 2. The summed E-state index contributed by atoms with van der Waals surface area (Å²) in [5.74, 6) is -2.27. The molecule has 260 valence electrons. The maximum Gasteiger partial charge on any atom is 0.416 e. The fourth-order valence-electron chi connectivity index (χ4n) is 4.63. The van der Waals surface area contributed by atoms with Crippen LogP contribution < -0.4 is 26.6 Å². The van der Waals surface area contributed by atoms with Crippen LogP contribution in [0, 0.1) is 13.8 Å². The van der Waals surface area contributed by atoms with E-state index in [1.807, 2.05) is 32.0 Å².